The summed E-state index contributed by atoms with van der Waals surface area (Å²) in [6.45, 7) is 12.2. The fourth-order valence-electron chi connectivity index (χ4n) is 4.49. The lowest BCUT2D eigenvalue weighted by molar-refractivity contribution is 0.829. The van der Waals surface area contributed by atoms with Crippen molar-refractivity contribution in [2.24, 2.45) is 0 Å². The van der Waals surface area contributed by atoms with Crippen LogP contribution in [0, 0.1) is 0 Å². The van der Waals surface area contributed by atoms with Crippen molar-refractivity contribution in [2.45, 2.75) is 26.7 Å². The van der Waals surface area contributed by atoms with E-state index in [-0.39, 0.29) is 0 Å². The first-order valence-electron chi connectivity index (χ1n) is 12.4. The minimum Gasteiger partial charge on any atom is -0.359 e. The van der Waals surface area contributed by atoms with Crippen molar-refractivity contribution in [2.75, 3.05) is 0 Å². The minimum absolute atomic E-state index is 0.781. The average molecular weight is 487 g/mol. The van der Waals surface area contributed by atoms with Crippen molar-refractivity contribution in [3.63, 3.8) is 0 Å². The van der Waals surface area contributed by atoms with Gasteiger partial charge in [0.2, 0.25) is 0 Å². The van der Waals surface area contributed by atoms with Crippen LogP contribution in [0.3, 0.4) is 0 Å². The molecule has 6 heteroatoms. The second kappa shape index (κ2) is 10.5. The van der Waals surface area contributed by atoms with Gasteiger partial charge in [-0.25, -0.2) is 4.98 Å². The van der Waals surface area contributed by atoms with Crippen molar-refractivity contribution in [1.29, 1.82) is 0 Å². The zero-order chi connectivity index (χ0) is 25.8. The Balaban J connectivity index is 1.55. The molecule has 0 unspecified atom stereocenters. The number of aromatic amines is 2. The topological polar surface area (TPSA) is 82.3 Å². The Kier molecular flexibility index (Phi) is 6.81. The molecule has 0 atom stereocenters. The van der Waals surface area contributed by atoms with Crippen LogP contribution in [-0.2, 0) is 0 Å². The maximum absolute atomic E-state index is 5.02. The van der Waals surface area contributed by atoms with Gasteiger partial charge in [0.15, 0.2) is 0 Å². The lowest BCUT2D eigenvalue weighted by Gasteiger charge is -2.11. The summed E-state index contributed by atoms with van der Waals surface area (Å²) in [6, 6.07) is 16.4. The summed E-state index contributed by atoms with van der Waals surface area (Å²) in [6.07, 6.45) is 11.5. The maximum atomic E-state index is 5.02. The fraction of sp³-hybridized carbons (Fsp3) is 0.129. The molecule has 0 radical (unpaired) electrons. The Labute approximate surface area is 216 Å². The zero-order valence-electron chi connectivity index (χ0n) is 21.2. The van der Waals surface area contributed by atoms with Crippen LogP contribution in [0.1, 0.15) is 32.4 Å². The van der Waals surface area contributed by atoms with E-state index in [2.05, 4.69) is 75.9 Å². The summed E-state index contributed by atoms with van der Waals surface area (Å²) >= 11 is 0. The van der Waals surface area contributed by atoms with Crippen molar-refractivity contribution in [1.82, 2.24) is 30.5 Å². The standard InChI is InChI=1S/C31H30N6/c1-5-10-20(4)33-23(7-3)17-21(6-2)26-14-15-28-30(35-26)31(37-36-28)29-18-25-24(12-8-13-27(25)34-29)22-11-9-16-32-19-22/h6-9,11-19,33-34H,3-5,10H2,1-2H3,(H,36,37)/b21-6+,23-17+. The summed E-state index contributed by atoms with van der Waals surface area (Å²) in [5, 5.41) is 12.2. The van der Waals surface area contributed by atoms with E-state index in [0.29, 0.717) is 0 Å². The van der Waals surface area contributed by atoms with Gasteiger partial charge in [-0.15, -0.1) is 0 Å². The lowest BCUT2D eigenvalue weighted by Crippen LogP contribution is -2.10. The molecule has 0 saturated carbocycles. The lowest BCUT2D eigenvalue weighted by atomic mass is 10.0. The molecule has 4 heterocycles. The van der Waals surface area contributed by atoms with Gasteiger partial charge >= 0.3 is 0 Å². The van der Waals surface area contributed by atoms with Crippen molar-refractivity contribution in [3.05, 3.63) is 109 Å². The number of hydrogen-bond donors (Lipinski definition) is 3. The van der Waals surface area contributed by atoms with Crippen LogP contribution in [0.4, 0.5) is 0 Å². The van der Waals surface area contributed by atoms with Crippen LogP contribution >= 0.6 is 0 Å². The van der Waals surface area contributed by atoms with E-state index in [1.165, 1.54) is 0 Å². The van der Waals surface area contributed by atoms with E-state index in [1.807, 2.05) is 43.5 Å². The maximum Gasteiger partial charge on any atom is 0.135 e. The van der Waals surface area contributed by atoms with E-state index in [1.54, 1.807) is 12.3 Å². The Morgan fingerprint density at radius 3 is 2.76 bits per heavy atom. The summed E-state index contributed by atoms with van der Waals surface area (Å²) in [5.41, 5.74) is 10.3. The Morgan fingerprint density at radius 2 is 2.00 bits per heavy atom. The number of allylic oxidation sites excluding steroid dienone is 5. The highest BCUT2D eigenvalue weighted by Crippen LogP contribution is 2.33. The summed E-state index contributed by atoms with van der Waals surface area (Å²) in [7, 11) is 0. The van der Waals surface area contributed by atoms with Crippen LogP contribution in [0.5, 0.6) is 0 Å². The molecule has 0 saturated heterocycles. The number of nitrogens with one attached hydrogen (secondary N) is 3. The minimum atomic E-state index is 0.781. The second-order valence-corrected chi connectivity index (χ2v) is 8.88. The highest BCUT2D eigenvalue weighted by molar-refractivity contribution is 6.00. The largest absolute Gasteiger partial charge is 0.359 e. The van der Waals surface area contributed by atoms with Crippen LogP contribution in [-0.4, -0.2) is 25.1 Å². The van der Waals surface area contributed by atoms with E-state index < -0.39 is 0 Å². The quantitative estimate of drug-likeness (QED) is 0.188. The first-order valence-corrected chi connectivity index (χ1v) is 12.4. The summed E-state index contributed by atoms with van der Waals surface area (Å²) in [4.78, 5) is 12.8. The third-order valence-electron chi connectivity index (χ3n) is 6.31. The van der Waals surface area contributed by atoms with E-state index >= 15 is 0 Å². The van der Waals surface area contributed by atoms with Gasteiger partial charge in [0.1, 0.15) is 11.2 Å². The number of pyridine rings is 2. The molecule has 0 amide bonds. The zero-order valence-corrected chi connectivity index (χ0v) is 21.2. The van der Waals surface area contributed by atoms with Gasteiger partial charge in [-0.05, 0) is 67.0 Å². The number of benzene rings is 1. The number of aromatic nitrogens is 5. The number of fused-ring (bicyclic) bond motifs is 2. The molecular formula is C31H30N6. The molecule has 0 aliphatic rings. The highest BCUT2D eigenvalue weighted by atomic mass is 15.1. The molecule has 5 rings (SSSR count). The number of nitrogens with zero attached hydrogens (tertiary/aromatic N) is 3. The van der Waals surface area contributed by atoms with Crippen molar-refractivity contribution >= 4 is 27.5 Å². The molecule has 5 aromatic rings. The van der Waals surface area contributed by atoms with E-state index in [0.717, 1.165) is 80.0 Å². The van der Waals surface area contributed by atoms with E-state index in [9.17, 15) is 0 Å². The fourth-order valence-corrected chi connectivity index (χ4v) is 4.49. The molecule has 184 valence electrons. The smallest absolute Gasteiger partial charge is 0.135 e. The van der Waals surface area contributed by atoms with Crippen LogP contribution in [0.25, 0.3) is 50.0 Å². The monoisotopic (exact) mass is 486 g/mol. The third-order valence-corrected chi connectivity index (χ3v) is 6.31. The Hall–Kier alpha value is -4.71. The molecule has 4 aromatic heterocycles. The molecule has 3 N–H and O–H groups in total. The predicted molar refractivity (Wildman–Crippen MR) is 154 cm³/mol. The summed E-state index contributed by atoms with van der Waals surface area (Å²) < 4.78 is 0. The van der Waals surface area contributed by atoms with Gasteiger partial charge in [0.05, 0.1) is 16.9 Å². The molecule has 0 fully saturated rings. The second-order valence-electron chi connectivity index (χ2n) is 8.88. The Morgan fingerprint density at radius 1 is 1.11 bits per heavy atom. The molecule has 0 aliphatic carbocycles. The van der Waals surface area contributed by atoms with Crippen LogP contribution < -0.4 is 5.32 Å². The van der Waals surface area contributed by atoms with Crippen molar-refractivity contribution in [3.8, 4) is 22.5 Å². The van der Waals surface area contributed by atoms with Crippen molar-refractivity contribution < 1.29 is 0 Å². The molecule has 6 nitrogen and oxygen atoms in total. The highest BCUT2D eigenvalue weighted by Gasteiger charge is 2.15. The predicted octanol–water partition coefficient (Wildman–Crippen LogP) is 7.54. The molecule has 0 bridgehead atoms. The van der Waals surface area contributed by atoms with Gasteiger partial charge in [-0.2, -0.15) is 5.10 Å². The van der Waals surface area contributed by atoms with E-state index in [4.69, 9.17) is 4.98 Å². The first kappa shape index (κ1) is 24.0. The number of H-pyrrole nitrogens is 2. The van der Waals surface area contributed by atoms with Gasteiger partial charge in [-0.3, -0.25) is 10.1 Å². The molecule has 37 heavy (non-hydrogen) atoms. The summed E-state index contributed by atoms with van der Waals surface area (Å²) in [5.74, 6) is 0. The molecule has 0 aliphatic heterocycles. The molecule has 1 aromatic carbocycles. The first-order chi connectivity index (χ1) is 18.1. The third kappa shape index (κ3) is 4.86. The Bertz CT molecular complexity index is 1650. The number of rotatable bonds is 9. The van der Waals surface area contributed by atoms with Gasteiger partial charge in [-0.1, -0.05) is 50.8 Å². The molecular weight excluding hydrogens is 456 g/mol. The van der Waals surface area contributed by atoms with Crippen LogP contribution in [0.15, 0.2) is 104 Å². The molecule has 0 spiro atoms. The van der Waals surface area contributed by atoms with Gasteiger partial charge in [0.25, 0.3) is 0 Å². The number of hydrogen-bond acceptors (Lipinski definition) is 4. The SMILES string of the molecule is C=C/C(=C\C(=C/C)c1ccc2[nH]nc(-c3cc4c(-c5cccnc5)cccc4[nH]3)c2n1)NC(=C)CCC. The normalized spacial score (nSPS) is 12.3. The average Bonchev–Trinajstić information content (AvgIpc) is 3.55. The van der Waals surface area contributed by atoms with Gasteiger partial charge in [0, 0.05) is 40.3 Å². The van der Waals surface area contributed by atoms with Gasteiger partial charge < -0.3 is 10.3 Å². The van der Waals surface area contributed by atoms with Crippen LogP contribution in [0.2, 0.25) is 0 Å².